The van der Waals surface area contributed by atoms with Crippen molar-refractivity contribution < 1.29 is 23.1 Å². The number of amidine groups is 1. The van der Waals surface area contributed by atoms with Gasteiger partial charge < -0.3 is 25.4 Å². The molecule has 2 aromatic rings. The maximum atomic E-state index is 12.9. The van der Waals surface area contributed by atoms with Gasteiger partial charge >= 0.3 is 5.97 Å². The molecule has 1 aromatic heterocycles. The van der Waals surface area contributed by atoms with Crippen molar-refractivity contribution in [1.82, 2.24) is 20.0 Å². The molecule has 4 N–H and O–H groups in total. The summed E-state index contributed by atoms with van der Waals surface area (Å²) in [6.07, 6.45) is 6.97. The number of benzene rings is 1. The van der Waals surface area contributed by atoms with Gasteiger partial charge in [0, 0.05) is 43.7 Å². The van der Waals surface area contributed by atoms with Crippen molar-refractivity contribution in [3.63, 3.8) is 0 Å². The lowest BCUT2D eigenvalue weighted by atomic mass is 9.80. The molecule has 3 aliphatic rings. The highest BCUT2D eigenvalue weighted by Gasteiger charge is 2.34. The van der Waals surface area contributed by atoms with Gasteiger partial charge in [0.05, 0.1) is 17.8 Å². The molecule has 5 rings (SSSR count). The zero-order valence-corrected chi connectivity index (χ0v) is 25.3. The van der Waals surface area contributed by atoms with Gasteiger partial charge in [0.25, 0.3) is 0 Å². The second-order valence-electron chi connectivity index (χ2n) is 11.4. The fraction of sp³-hybridized carbons (Fsp3) is 0.586. The zero-order valence-electron chi connectivity index (χ0n) is 24.5. The number of aliphatic carboxylic acids is 1. The minimum atomic E-state index is -4.08. The summed E-state index contributed by atoms with van der Waals surface area (Å²) in [6, 6.07) is 4.81. The van der Waals surface area contributed by atoms with Crippen LogP contribution in [0.15, 0.2) is 34.2 Å². The van der Waals surface area contributed by atoms with E-state index in [4.69, 9.17) is 14.7 Å². The Kier molecular flexibility index (Phi) is 9.16. The van der Waals surface area contributed by atoms with Gasteiger partial charge in [0.2, 0.25) is 10.0 Å². The molecular weight excluding hydrogens is 558 g/mol. The van der Waals surface area contributed by atoms with E-state index < -0.39 is 22.0 Å². The van der Waals surface area contributed by atoms with E-state index in [-0.39, 0.29) is 11.4 Å². The number of ether oxygens (including phenoxy) is 1. The summed E-state index contributed by atoms with van der Waals surface area (Å²) in [7, 11) is -2.60. The first-order valence-electron chi connectivity index (χ1n) is 14.7. The SMILES string of the molecule is COc1ccc(S(=O)(=O)N[C@@H](CNc2nc(C)nc(N3CCC(C4CCC5CCCN=C5N4)CC3)c2C)C(=O)O)cc1. The minimum absolute atomic E-state index is 0.0516. The summed E-state index contributed by atoms with van der Waals surface area (Å²) >= 11 is 0. The fourth-order valence-corrected chi connectivity index (χ4v) is 7.43. The number of rotatable bonds is 10. The van der Waals surface area contributed by atoms with Gasteiger partial charge in [-0.3, -0.25) is 9.79 Å². The van der Waals surface area contributed by atoms with Crippen molar-refractivity contribution in [3.05, 3.63) is 35.7 Å². The molecule has 0 spiro atoms. The predicted molar refractivity (Wildman–Crippen MR) is 161 cm³/mol. The molecule has 0 radical (unpaired) electrons. The lowest BCUT2D eigenvalue weighted by Crippen LogP contribution is -2.51. The van der Waals surface area contributed by atoms with Crippen LogP contribution in [0.3, 0.4) is 0 Å². The first-order chi connectivity index (χ1) is 20.1. The molecular formula is C29H41N7O5S. The van der Waals surface area contributed by atoms with Gasteiger partial charge in [-0.05, 0) is 82.6 Å². The number of aromatic nitrogens is 2. The van der Waals surface area contributed by atoms with Crippen LogP contribution in [0.5, 0.6) is 5.75 Å². The van der Waals surface area contributed by atoms with Crippen LogP contribution < -0.4 is 25.0 Å². The van der Waals surface area contributed by atoms with Crippen molar-refractivity contribution in [2.24, 2.45) is 16.8 Å². The minimum Gasteiger partial charge on any atom is -0.497 e. The average Bonchev–Trinajstić information content (AvgIpc) is 3.00. The lowest BCUT2D eigenvalue weighted by molar-refractivity contribution is -0.138. The summed E-state index contributed by atoms with van der Waals surface area (Å²) < 4.78 is 33.1. The van der Waals surface area contributed by atoms with Crippen LogP contribution in [-0.4, -0.2) is 80.7 Å². The molecule has 2 saturated heterocycles. The molecule has 228 valence electrons. The second kappa shape index (κ2) is 12.8. The number of anilines is 2. The predicted octanol–water partition coefficient (Wildman–Crippen LogP) is 2.72. The Morgan fingerprint density at radius 3 is 2.55 bits per heavy atom. The Bertz CT molecular complexity index is 1410. The maximum absolute atomic E-state index is 12.9. The third-order valence-corrected chi connectivity index (χ3v) is 10.1. The molecule has 3 aliphatic heterocycles. The third kappa shape index (κ3) is 6.78. The molecule has 3 atom stereocenters. The monoisotopic (exact) mass is 599 g/mol. The molecule has 2 fully saturated rings. The van der Waals surface area contributed by atoms with Gasteiger partial charge in [0.15, 0.2) is 0 Å². The number of fused-ring (bicyclic) bond motifs is 1. The first kappa shape index (κ1) is 30.0. The van der Waals surface area contributed by atoms with Gasteiger partial charge in [-0.1, -0.05) is 0 Å². The van der Waals surface area contributed by atoms with Gasteiger partial charge in [-0.2, -0.15) is 4.72 Å². The summed E-state index contributed by atoms with van der Waals surface area (Å²) in [5.74, 6) is 3.50. The number of aliphatic imine (C=N–C) groups is 1. The van der Waals surface area contributed by atoms with Crippen molar-refractivity contribution in [2.75, 3.05) is 43.5 Å². The molecule has 2 unspecified atom stereocenters. The highest BCUT2D eigenvalue weighted by Crippen LogP contribution is 2.33. The number of hydrogen-bond donors (Lipinski definition) is 4. The van der Waals surface area contributed by atoms with Crippen molar-refractivity contribution in [3.8, 4) is 5.75 Å². The molecule has 0 saturated carbocycles. The van der Waals surface area contributed by atoms with Crippen molar-refractivity contribution in [1.29, 1.82) is 0 Å². The third-order valence-electron chi connectivity index (χ3n) is 8.62. The number of piperidine rings is 2. The van der Waals surface area contributed by atoms with Crippen LogP contribution in [0.4, 0.5) is 11.6 Å². The molecule has 0 bridgehead atoms. The van der Waals surface area contributed by atoms with E-state index in [2.05, 4.69) is 25.2 Å². The number of carbonyl (C=O) groups is 1. The summed E-state index contributed by atoms with van der Waals surface area (Å²) in [5.41, 5.74) is 0.802. The Morgan fingerprint density at radius 1 is 1.12 bits per heavy atom. The van der Waals surface area contributed by atoms with Crippen LogP contribution in [0.1, 0.15) is 49.9 Å². The average molecular weight is 600 g/mol. The summed E-state index contributed by atoms with van der Waals surface area (Å²) in [6.45, 7) is 6.19. The molecule has 42 heavy (non-hydrogen) atoms. The van der Waals surface area contributed by atoms with Crippen LogP contribution in [0.25, 0.3) is 0 Å². The van der Waals surface area contributed by atoms with E-state index in [1.165, 1.54) is 62.9 Å². The van der Waals surface area contributed by atoms with Crippen molar-refractivity contribution in [2.45, 2.75) is 69.4 Å². The molecule has 0 amide bonds. The molecule has 13 heteroatoms. The summed E-state index contributed by atoms with van der Waals surface area (Å²) in [4.78, 5) is 28.2. The Hall–Kier alpha value is -3.45. The number of aryl methyl sites for hydroxylation is 1. The zero-order chi connectivity index (χ0) is 29.9. The molecule has 12 nitrogen and oxygen atoms in total. The maximum Gasteiger partial charge on any atom is 0.323 e. The van der Waals surface area contributed by atoms with Crippen molar-refractivity contribution >= 4 is 33.5 Å². The van der Waals surface area contributed by atoms with Crippen LogP contribution in [-0.2, 0) is 14.8 Å². The highest BCUT2D eigenvalue weighted by molar-refractivity contribution is 7.89. The smallest absolute Gasteiger partial charge is 0.323 e. The number of hydrogen-bond acceptors (Lipinski definition) is 10. The standard InChI is InChI=1S/C29H41N7O5S/c1-18-26(31-17-25(29(37)38)35-42(39,40)23-9-7-22(41-3)8-10-23)32-19(2)33-28(18)36-15-12-20(13-16-36)24-11-6-21-5-4-14-30-27(21)34-24/h7-10,20-21,24-25,35H,4-6,11-17H2,1-3H3,(H,30,34)(H,37,38)(H,31,32,33)/t21?,24?,25-/m0/s1. The normalized spacial score (nSPS) is 22.0. The number of carboxylic acids is 1. The quantitative estimate of drug-likeness (QED) is 0.320. The van der Waals surface area contributed by atoms with Gasteiger partial charge in [0.1, 0.15) is 29.3 Å². The van der Waals surface area contributed by atoms with Crippen LogP contribution in [0, 0.1) is 25.7 Å². The topological polar surface area (TPSA) is 158 Å². The van der Waals surface area contributed by atoms with E-state index in [1.807, 2.05) is 6.92 Å². The highest BCUT2D eigenvalue weighted by atomic mass is 32.2. The summed E-state index contributed by atoms with van der Waals surface area (Å²) in [5, 5.41) is 16.6. The number of sulfonamides is 1. The number of nitrogens with zero attached hydrogens (tertiary/aromatic N) is 4. The van der Waals surface area contributed by atoms with Gasteiger partial charge in [-0.25, -0.2) is 18.4 Å². The van der Waals surface area contributed by atoms with E-state index in [9.17, 15) is 18.3 Å². The fourth-order valence-electron chi connectivity index (χ4n) is 6.24. The Labute approximate surface area is 247 Å². The number of nitrogens with one attached hydrogen (secondary N) is 3. The molecule has 0 aliphatic carbocycles. The van der Waals surface area contributed by atoms with E-state index in [1.54, 1.807) is 6.92 Å². The lowest BCUT2D eigenvalue weighted by Gasteiger charge is -2.42. The molecule has 4 heterocycles. The van der Waals surface area contributed by atoms with E-state index >= 15 is 0 Å². The largest absolute Gasteiger partial charge is 0.497 e. The first-order valence-corrected chi connectivity index (χ1v) is 16.2. The van der Waals surface area contributed by atoms with Crippen LogP contribution >= 0.6 is 0 Å². The van der Waals surface area contributed by atoms with Crippen LogP contribution in [0.2, 0.25) is 0 Å². The second-order valence-corrected chi connectivity index (χ2v) is 13.1. The number of carboxylic acid groups (broad SMARTS) is 1. The number of methoxy groups -OCH3 is 1. The molecule has 1 aromatic carbocycles. The van der Waals surface area contributed by atoms with Gasteiger partial charge in [-0.15, -0.1) is 0 Å². The van der Waals surface area contributed by atoms with E-state index in [0.29, 0.717) is 35.3 Å². The Balaban J connectivity index is 1.22. The Morgan fingerprint density at radius 2 is 1.86 bits per heavy atom. The van der Waals surface area contributed by atoms with E-state index in [0.717, 1.165) is 43.9 Å².